The minimum Gasteiger partial charge on any atom is -0.330 e. The second-order valence-electron chi connectivity index (χ2n) is 6.33. The zero-order valence-electron chi connectivity index (χ0n) is 13.1. The SMILES string of the molecule is CC1(Cl)C=CC=CC1c1cccc2c1CCN(C(=O)C(F)(F)F)C2. The molecule has 24 heavy (non-hydrogen) atoms. The van der Waals surface area contributed by atoms with Crippen LogP contribution in [0.25, 0.3) is 0 Å². The van der Waals surface area contributed by atoms with Crippen LogP contribution < -0.4 is 0 Å². The Morgan fingerprint density at radius 1 is 1.33 bits per heavy atom. The molecule has 2 unspecified atom stereocenters. The third-order valence-electron chi connectivity index (χ3n) is 4.61. The van der Waals surface area contributed by atoms with Gasteiger partial charge in [0.05, 0.1) is 4.87 Å². The summed E-state index contributed by atoms with van der Waals surface area (Å²) >= 11 is 6.60. The van der Waals surface area contributed by atoms with Crippen molar-refractivity contribution in [1.82, 2.24) is 4.90 Å². The number of carbonyl (C=O) groups excluding carboxylic acids is 1. The summed E-state index contributed by atoms with van der Waals surface area (Å²) in [5.41, 5.74) is 2.78. The molecule has 3 rings (SSSR count). The molecule has 2 nitrogen and oxygen atoms in total. The first-order valence-electron chi connectivity index (χ1n) is 7.72. The molecule has 0 saturated heterocycles. The molecule has 6 heteroatoms. The molecular weight excluding hydrogens is 339 g/mol. The van der Waals surface area contributed by atoms with Crippen molar-refractivity contribution in [2.24, 2.45) is 0 Å². The Bertz CT molecular complexity index is 721. The summed E-state index contributed by atoms with van der Waals surface area (Å²) in [7, 11) is 0. The van der Waals surface area contributed by atoms with Crippen LogP contribution in [-0.2, 0) is 17.8 Å². The number of allylic oxidation sites excluding steroid dienone is 4. The van der Waals surface area contributed by atoms with E-state index in [2.05, 4.69) is 0 Å². The lowest BCUT2D eigenvalue weighted by Crippen LogP contribution is -2.44. The van der Waals surface area contributed by atoms with Gasteiger partial charge in [0.25, 0.3) is 0 Å². The van der Waals surface area contributed by atoms with Crippen LogP contribution in [0, 0.1) is 0 Å². The summed E-state index contributed by atoms with van der Waals surface area (Å²) in [6.45, 7) is 1.96. The van der Waals surface area contributed by atoms with E-state index < -0.39 is 17.0 Å². The molecule has 0 radical (unpaired) electrons. The van der Waals surface area contributed by atoms with Gasteiger partial charge >= 0.3 is 12.1 Å². The molecule has 0 spiro atoms. The number of hydrogen-bond acceptors (Lipinski definition) is 1. The molecule has 1 aliphatic heterocycles. The summed E-state index contributed by atoms with van der Waals surface area (Å²) in [6, 6.07) is 5.56. The number of carbonyl (C=O) groups is 1. The quantitative estimate of drug-likeness (QED) is 0.686. The number of benzene rings is 1. The highest BCUT2D eigenvalue weighted by Crippen LogP contribution is 2.41. The van der Waals surface area contributed by atoms with E-state index in [0.29, 0.717) is 6.42 Å². The third kappa shape index (κ3) is 3.09. The number of alkyl halides is 4. The van der Waals surface area contributed by atoms with E-state index in [4.69, 9.17) is 11.6 Å². The van der Waals surface area contributed by atoms with Crippen LogP contribution in [0.15, 0.2) is 42.5 Å². The number of nitrogens with zero attached hydrogens (tertiary/aromatic N) is 1. The first-order valence-corrected chi connectivity index (χ1v) is 8.09. The highest BCUT2D eigenvalue weighted by Gasteiger charge is 2.43. The van der Waals surface area contributed by atoms with Gasteiger partial charge in [0.1, 0.15) is 0 Å². The van der Waals surface area contributed by atoms with Crippen molar-refractivity contribution < 1.29 is 18.0 Å². The van der Waals surface area contributed by atoms with Crippen LogP contribution in [0.1, 0.15) is 29.5 Å². The summed E-state index contributed by atoms with van der Waals surface area (Å²) in [5, 5.41) is 0. The maximum atomic E-state index is 12.7. The first-order chi connectivity index (χ1) is 11.2. The van der Waals surface area contributed by atoms with Crippen molar-refractivity contribution in [3.63, 3.8) is 0 Å². The van der Waals surface area contributed by atoms with Crippen molar-refractivity contribution in [1.29, 1.82) is 0 Å². The van der Waals surface area contributed by atoms with Crippen LogP contribution in [0.4, 0.5) is 13.2 Å². The molecule has 0 fully saturated rings. The van der Waals surface area contributed by atoms with Gasteiger partial charge in [-0.3, -0.25) is 4.79 Å². The topological polar surface area (TPSA) is 20.3 Å². The van der Waals surface area contributed by atoms with Gasteiger partial charge in [0, 0.05) is 19.0 Å². The second-order valence-corrected chi connectivity index (χ2v) is 7.15. The Hall–Kier alpha value is -1.75. The van der Waals surface area contributed by atoms with Crippen LogP contribution in [-0.4, -0.2) is 28.4 Å². The average Bonchev–Trinajstić information content (AvgIpc) is 2.52. The minimum absolute atomic E-state index is 0.0210. The van der Waals surface area contributed by atoms with Gasteiger partial charge in [-0.2, -0.15) is 13.2 Å². The van der Waals surface area contributed by atoms with Crippen LogP contribution >= 0.6 is 11.6 Å². The highest BCUT2D eigenvalue weighted by atomic mass is 35.5. The van der Waals surface area contributed by atoms with Gasteiger partial charge in [-0.1, -0.05) is 42.5 Å². The molecular formula is C18H17ClF3NO. The molecule has 0 N–H and O–H groups in total. The van der Waals surface area contributed by atoms with Crippen LogP contribution in [0.3, 0.4) is 0 Å². The van der Waals surface area contributed by atoms with Gasteiger partial charge < -0.3 is 4.90 Å². The van der Waals surface area contributed by atoms with Gasteiger partial charge in [0.2, 0.25) is 0 Å². The predicted molar refractivity (Wildman–Crippen MR) is 86.9 cm³/mol. The molecule has 1 aliphatic carbocycles. The Balaban J connectivity index is 1.92. The fourth-order valence-electron chi connectivity index (χ4n) is 3.40. The standard InChI is InChI=1S/C18H17ClF3NO/c1-17(19)9-3-2-7-15(17)14-6-4-5-12-11-23(10-8-13(12)14)16(24)18(20,21)22/h2-7,9,15H,8,10-11H2,1H3. The molecule has 128 valence electrons. The molecule has 2 aliphatic rings. The molecule has 1 amide bonds. The van der Waals surface area contributed by atoms with Crippen LogP contribution in [0.2, 0.25) is 0 Å². The normalized spacial score (nSPS) is 26.4. The largest absolute Gasteiger partial charge is 0.471 e. The minimum atomic E-state index is -4.83. The van der Waals surface area contributed by atoms with E-state index in [-0.39, 0.29) is 19.0 Å². The maximum absolute atomic E-state index is 12.7. The molecule has 0 bridgehead atoms. The number of amides is 1. The van der Waals surface area contributed by atoms with E-state index in [1.807, 2.05) is 43.4 Å². The van der Waals surface area contributed by atoms with Gasteiger partial charge in [-0.15, -0.1) is 11.6 Å². The number of rotatable bonds is 1. The zero-order valence-corrected chi connectivity index (χ0v) is 13.9. The Labute approximate surface area is 143 Å². The van der Waals surface area contributed by atoms with E-state index in [0.717, 1.165) is 21.6 Å². The average molecular weight is 356 g/mol. The fraction of sp³-hybridized carbons (Fsp3) is 0.389. The van der Waals surface area contributed by atoms with Crippen molar-refractivity contribution in [3.05, 3.63) is 59.2 Å². The first kappa shape index (κ1) is 17.1. The molecule has 0 aromatic heterocycles. The number of fused-ring (bicyclic) bond motifs is 1. The fourth-order valence-corrected chi connectivity index (χ4v) is 3.66. The summed E-state index contributed by atoms with van der Waals surface area (Å²) in [5.74, 6) is -1.83. The Morgan fingerprint density at radius 2 is 2.08 bits per heavy atom. The molecule has 2 atom stereocenters. The highest BCUT2D eigenvalue weighted by molar-refractivity contribution is 6.26. The molecule has 1 aromatic rings. The van der Waals surface area contributed by atoms with Crippen molar-refractivity contribution >= 4 is 17.5 Å². The predicted octanol–water partition coefficient (Wildman–Crippen LogP) is 4.34. The van der Waals surface area contributed by atoms with E-state index in [1.54, 1.807) is 6.07 Å². The molecule has 1 aromatic carbocycles. The number of hydrogen-bond donors (Lipinski definition) is 0. The summed E-state index contributed by atoms with van der Waals surface area (Å²) in [6.07, 6.45) is 3.31. The van der Waals surface area contributed by atoms with Crippen molar-refractivity contribution in [3.8, 4) is 0 Å². The van der Waals surface area contributed by atoms with E-state index >= 15 is 0 Å². The zero-order chi connectivity index (χ0) is 17.5. The third-order valence-corrected chi connectivity index (χ3v) is 4.97. The Morgan fingerprint density at radius 3 is 2.75 bits per heavy atom. The second kappa shape index (κ2) is 5.96. The monoisotopic (exact) mass is 355 g/mol. The Kier molecular flexibility index (Phi) is 4.24. The summed E-state index contributed by atoms with van der Waals surface area (Å²) in [4.78, 5) is 11.8. The van der Waals surface area contributed by atoms with Gasteiger partial charge in [-0.25, -0.2) is 0 Å². The van der Waals surface area contributed by atoms with E-state index in [9.17, 15) is 18.0 Å². The molecule has 0 saturated carbocycles. The van der Waals surface area contributed by atoms with Crippen molar-refractivity contribution in [2.45, 2.75) is 36.9 Å². The number of halogens is 4. The molecule has 1 heterocycles. The van der Waals surface area contributed by atoms with Crippen molar-refractivity contribution in [2.75, 3.05) is 6.54 Å². The van der Waals surface area contributed by atoms with Gasteiger partial charge in [-0.05, 0) is 30.0 Å². The lowest BCUT2D eigenvalue weighted by atomic mass is 9.79. The smallest absolute Gasteiger partial charge is 0.330 e. The lowest BCUT2D eigenvalue weighted by molar-refractivity contribution is -0.186. The van der Waals surface area contributed by atoms with Gasteiger partial charge in [0.15, 0.2) is 0 Å². The maximum Gasteiger partial charge on any atom is 0.471 e. The summed E-state index contributed by atoms with van der Waals surface area (Å²) < 4.78 is 38.0. The van der Waals surface area contributed by atoms with Crippen LogP contribution in [0.5, 0.6) is 0 Å². The lowest BCUT2D eigenvalue weighted by Gasteiger charge is -2.35. The van der Waals surface area contributed by atoms with E-state index in [1.165, 1.54) is 0 Å².